The molecule has 120 valence electrons. The van der Waals surface area contributed by atoms with Crippen molar-refractivity contribution in [1.29, 1.82) is 0 Å². The Hall–Kier alpha value is -1.93. The summed E-state index contributed by atoms with van der Waals surface area (Å²) in [6.45, 7) is 7.66. The molecule has 2 aliphatic heterocycles. The predicted octanol–water partition coefficient (Wildman–Crippen LogP) is 3.33. The predicted molar refractivity (Wildman–Crippen MR) is 91.1 cm³/mol. The fourth-order valence-electron chi connectivity index (χ4n) is 2.81. The zero-order valence-electron chi connectivity index (χ0n) is 13.6. The molecule has 2 aromatic carbocycles. The molecule has 0 amide bonds. The highest BCUT2D eigenvalue weighted by Gasteiger charge is 2.35. The number of rotatable bonds is 2. The van der Waals surface area contributed by atoms with E-state index in [0.29, 0.717) is 8.58 Å². The summed E-state index contributed by atoms with van der Waals surface area (Å²) in [5.74, 6) is 2.00. The number of benzene rings is 2. The molecule has 23 heavy (non-hydrogen) atoms. The van der Waals surface area contributed by atoms with Gasteiger partial charge in [0.2, 0.25) is 11.6 Å². The van der Waals surface area contributed by atoms with Crippen molar-refractivity contribution in [3.63, 3.8) is 0 Å². The summed E-state index contributed by atoms with van der Waals surface area (Å²) >= 11 is 0. The number of para-hydroxylation sites is 2. The van der Waals surface area contributed by atoms with Crippen LogP contribution in [0.5, 0.6) is 23.0 Å². The Bertz CT molecular complexity index is 717. The van der Waals surface area contributed by atoms with Crippen LogP contribution in [0.1, 0.15) is 27.7 Å². The van der Waals surface area contributed by atoms with E-state index in [1.165, 1.54) is 0 Å². The summed E-state index contributed by atoms with van der Waals surface area (Å²) in [4.78, 5) is 0. The van der Waals surface area contributed by atoms with Crippen LogP contribution in [-0.4, -0.2) is 11.6 Å². The monoisotopic (exact) mass is 330 g/mol. The minimum Gasteiger partial charge on any atom is -0.449 e. The van der Waals surface area contributed by atoms with Gasteiger partial charge in [-0.15, -0.1) is 0 Å². The van der Waals surface area contributed by atoms with Gasteiger partial charge >= 0.3 is 0 Å². The molecule has 4 rings (SSSR count). The third-order valence-electron chi connectivity index (χ3n) is 3.63. The van der Waals surface area contributed by atoms with Crippen molar-refractivity contribution >= 4 is 19.2 Å². The highest BCUT2D eigenvalue weighted by molar-refractivity contribution is 7.56. The molecule has 2 aliphatic rings. The third kappa shape index (κ3) is 2.61. The molecular formula is C18H19O4P. The van der Waals surface area contributed by atoms with Gasteiger partial charge in [0.05, 0.1) is 0 Å². The summed E-state index contributed by atoms with van der Waals surface area (Å²) < 4.78 is 23.6. The highest BCUT2D eigenvalue weighted by atomic mass is 31.1. The Morgan fingerprint density at radius 2 is 1.09 bits per heavy atom. The molecular weight excluding hydrogens is 311 g/mol. The molecule has 0 saturated carbocycles. The summed E-state index contributed by atoms with van der Waals surface area (Å²) in [5.41, 5.74) is 0. The van der Waals surface area contributed by atoms with Gasteiger partial charge in [0, 0.05) is 38.3 Å². The fraction of sp³-hybridized carbons (Fsp3) is 0.333. The molecule has 0 aromatic heterocycles. The van der Waals surface area contributed by atoms with E-state index in [1.807, 2.05) is 52.0 Å². The molecule has 2 aromatic rings. The van der Waals surface area contributed by atoms with Crippen LogP contribution < -0.4 is 29.6 Å². The molecule has 0 unspecified atom stereocenters. The second-order valence-electron chi connectivity index (χ2n) is 6.60. The summed E-state index contributed by atoms with van der Waals surface area (Å²) in [6.07, 6.45) is 0. The maximum Gasteiger partial charge on any atom is 0.246 e. The van der Waals surface area contributed by atoms with Gasteiger partial charge in [0.25, 0.3) is 0 Å². The van der Waals surface area contributed by atoms with Gasteiger partial charge in [-0.3, -0.25) is 0 Å². The summed E-state index contributed by atoms with van der Waals surface area (Å²) in [7, 11) is 0.403. The molecule has 0 spiro atoms. The van der Waals surface area contributed by atoms with E-state index in [0.717, 1.165) is 33.6 Å². The van der Waals surface area contributed by atoms with Crippen LogP contribution in [0, 0.1) is 0 Å². The van der Waals surface area contributed by atoms with Gasteiger partial charge < -0.3 is 18.9 Å². The normalized spacial score (nSPS) is 19.0. The quantitative estimate of drug-likeness (QED) is 0.792. The van der Waals surface area contributed by atoms with Crippen molar-refractivity contribution in [3.8, 4) is 23.0 Å². The van der Waals surface area contributed by atoms with E-state index in [2.05, 4.69) is 12.1 Å². The lowest BCUT2D eigenvalue weighted by molar-refractivity contribution is -0.0432. The summed E-state index contributed by atoms with van der Waals surface area (Å²) in [5, 5.41) is 2.21. The molecule has 0 bridgehead atoms. The van der Waals surface area contributed by atoms with Crippen LogP contribution in [0.25, 0.3) is 0 Å². The Morgan fingerprint density at radius 1 is 0.652 bits per heavy atom. The maximum absolute atomic E-state index is 5.97. The first-order valence-corrected chi connectivity index (χ1v) is 8.62. The van der Waals surface area contributed by atoms with Crippen molar-refractivity contribution in [2.45, 2.75) is 39.3 Å². The van der Waals surface area contributed by atoms with Crippen LogP contribution in [0.15, 0.2) is 36.4 Å². The number of ether oxygens (including phenoxy) is 4. The maximum atomic E-state index is 5.97. The molecule has 2 heterocycles. The van der Waals surface area contributed by atoms with Crippen molar-refractivity contribution in [1.82, 2.24) is 0 Å². The van der Waals surface area contributed by atoms with Crippen LogP contribution in [0.2, 0.25) is 0 Å². The van der Waals surface area contributed by atoms with E-state index >= 15 is 0 Å². The largest absolute Gasteiger partial charge is 0.449 e. The number of fused-ring (bicyclic) bond motifs is 2. The lowest BCUT2D eigenvalue weighted by Gasteiger charge is -2.17. The molecule has 5 heteroatoms. The fourth-order valence-corrected chi connectivity index (χ4v) is 4.03. The lowest BCUT2D eigenvalue weighted by atomic mass is 10.3. The molecule has 0 atom stereocenters. The molecule has 4 nitrogen and oxygen atoms in total. The van der Waals surface area contributed by atoms with Gasteiger partial charge in [0.1, 0.15) is 0 Å². The highest BCUT2D eigenvalue weighted by Crippen LogP contribution is 2.43. The smallest absolute Gasteiger partial charge is 0.246 e. The third-order valence-corrected chi connectivity index (χ3v) is 4.96. The van der Waals surface area contributed by atoms with Gasteiger partial charge in [-0.05, 0) is 12.1 Å². The minimum atomic E-state index is -0.622. The van der Waals surface area contributed by atoms with E-state index in [-0.39, 0.29) is 0 Å². The Kier molecular flexibility index (Phi) is 3.05. The van der Waals surface area contributed by atoms with E-state index in [4.69, 9.17) is 18.9 Å². The van der Waals surface area contributed by atoms with Crippen molar-refractivity contribution in [3.05, 3.63) is 36.4 Å². The van der Waals surface area contributed by atoms with Crippen LogP contribution >= 0.6 is 8.58 Å². The number of hydrogen-bond acceptors (Lipinski definition) is 4. The first-order valence-electron chi connectivity index (χ1n) is 7.62. The average molecular weight is 330 g/mol. The van der Waals surface area contributed by atoms with E-state index in [9.17, 15) is 0 Å². The second-order valence-corrected chi connectivity index (χ2v) is 7.93. The van der Waals surface area contributed by atoms with Crippen molar-refractivity contribution in [2.24, 2.45) is 0 Å². The molecule has 0 aliphatic carbocycles. The van der Waals surface area contributed by atoms with Crippen LogP contribution in [-0.2, 0) is 0 Å². The molecule has 0 fully saturated rings. The average Bonchev–Trinajstić information content (AvgIpc) is 2.93. The minimum absolute atomic E-state index is 0.403. The SMILES string of the molecule is CC1(C)Oc2cccc(Pc3cccc4c3OC(C)(C)O4)c2O1. The Balaban J connectivity index is 1.70. The number of hydrogen-bond donors (Lipinski definition) is 0. The van der Waals surface area contributed by atoms with Crippen molar-refractivity contribution in [2.75, 3.05) is 0 Å². The van der Waals surface area contributed by atoms with E-state index in [1.54, 1.807) is 0 Å². The lowest BCUT2D eigenvalue weighted by Crippen LogP contribution is -2.30. The van der Waals surface area contributed by atoms with Gasteiger partial charge in [-0.2, -0.15) is 0 Å². The zero-order chi connectivity index (χ0) is 16.2. The van der Waals surface area contributed by atoms with E-state index < -0.39 is 11.6 Å². The van der Waals surface area contributed by atoms with Gasteiger partial charge in [-0.25, -0.2) is 0 Å². The van der Waals surface area contributed by atoms with Crippen molar-refractivity contribution < 1.29 is 18.9 Å². The van der Waals surface area contributed by atoms with Crippen LogP contribution in [0.3, 0.4) is 0 Å². The first-order chi connectivity index (χ1) is 10.8. The molecule has 0 radical (unpaired) electrons. The first kappa shape index (κ1) is 14.6. The zero-order valence-corrected chi connectivity index (χ0v) is 14.6. The Morgan fingerprint density at radius 3 is 1.52 bits per heavy atom. The molecule has 0 saturated heterocycles. The topological polar surface area (TPSA) is 36.9 Å². The molecule has 0 N–H and O–H groups in total. The second kappa shape index (κ2) is 4.78. The van der Waals surface area contributed by atoms with Crippen LogP contribution in [0.4, 0.5) is 0 Å². The van der Waals surface area contributed by atoms with Gasteiger partial charge in [-0.1, -0.05) is 32.8 Å². The standard InChI is InChI=1S/C18H19O4P/c1-17(2)19-11-7-5-9-13(15(11)21-17)23-14-10-6-8-12-16(14)22-18(3,4)20-12/h5-10,23H,1-4H3. The Labute approximate surface area is 137 Å². The van der Waals surface area contributed by atoms with Gasteiger partial charge in [0.15, 0.2) is 23.0 Å². The summed E-state index contributed by atoms with van der Waals surface area (Å²) in [6, 6.07) is 12.0.